The van der Waals surface area contributed by atoms with Gasteiger partial charge in [0.05, 0.1) is 17.1 Å². The third-order valence-electron chi connectivity index (χ3n) is 5.91. The van der Waals surface area contributed by atoms with Crippen molar-refractivity contribution in [1.82, 2.24) is 29.7 Å². The molecule has 0 aliphatic heterocycles. The van der Waals surface area contributed by atoms with Crippen LogP contribution in [0.2, 0.25) is 0 Å². The maximum absolute atomic E-state index is 4.95. The molecule has 0 spiro atoms. The Kier molecular flexibility index (Phi) is 5.60. The van der Waals surface area contributed by atoms with Crippen molar-refractivity contribution < 1.29 is 0 Å². The molecule has 2 aromatic carbocycles. The molecule has 6 aromatic rings. The van der Waals surface area contributed by atoms with Gasteiger partial charge in [0, 0.05) is 17.4 Å². The monoisotopic (exact) mass is 466 g/mol. The summed E-state index contributed by atoms with van der Waals surface area (Å²) in [5.74, 6) is 1.28. The van der Waals surface area contributed by atoms with Crippen LogP contribution >= 0.6 is 0 Å². The van der Waals surface area contributed by atoms with Crippen LogP contribution in [0.15, 0.2) is 115 Å². The van der Waals surface area contributed by atoms with Crippen LogP contribution in [0.25, 0.3) is 51.4 Å². The lowest BCUT2D eigenvalue weighted by Crippen LogP contribution is -2.02. The molecule has 0 atom stereocenters. The largest absolute Gasteiger partial charge is 0.272 e. The third-order valence-corrected chi connectivity index (χ3v) is 5.91. The van der Waals surface area contributed by atoms with Gasteiger partial charge in [0.15, 0.2) is 11.6 Å². The first-order valence-electron chi connectivity index (χ1n) is 11.7. The molecule has 4 aromatic heterocycles. The van der Waals surface area contributed by atoms with Crippen molar-refractivity contribution >= 4 is 0 Å². The molecule has 6 rings (SSSR count). The maximum Gasteiger partial charge on any atom is 0.187 e. The molecule has 0 amide bonds. The molecule has 0 fully saturated rings. The van der Waals surface area contributed by atoms with E-state index in [4.69, 9.17) is 9.97 Å². The van der Waals surface area contributed by atoms with Gasteiger partial charge in [-0.1, -0.05) is 66.2 Å². The summed E-state index contributed by atoms with van der Waals surface area (Å²) in [5.41, 5.74) is 7.09. The number of hydrogen-bond acceptors (Lipinski definition) is 5. The van der Waals surface area contributed by atoms with Crippen LogP contribution in [0.1, 0.15) is 5.56 Å². The van der Waals surface area contributed by atoms with E-state index in [1.807, 2.05) is 89.5 Å². The van der Waals surface area contributed by atoms with Crippen LogP contribution in [0.5, 0.6) is 0 Å². The summed E-state index contributed by atoms with van der Waals surface area (Å²) < 4.78 is 2.01. The highest BCUT2D eigenvalue weighted by molar-refractivity contribution is 5.68. The molecule has 36 heavy (non-hydrogen) atoms. The summed E-state index contributed by atoms with van der Waals surface area (Å²) >= 11 is 0. The van der Waals surface area contributed by atoms with Gasteiger partial charge >= 0.3 is 0 Å². The number of pyridine rings is 3. The topological polar surface area (TPSA) is 69.4 Å². The van der Waals surface area contributed by atoms with E-state index in [-0.39, 0.29) is 0 Å². The van der Waals surface area contributed by atoms with Crippen LogP contribution in [-0.2, 0) is 0 Å². The number of para-hydroxylation sites is 1. The smallest absolute Gasteiger partial charge is 0.187 e. The van der Waals surface area contributed by atoms with E-state index < -0.39 is 0 Å². The first kappa shape index (κ1) is 21.6. The summed E-state index contributed by atoms with van der Waals surface area (Å²) in [6.07, 6.45) is 1.76. The summed E-state index contributed by atoms with van der Waals surface area (Å²) in [5, 5.41) is 9.16. The van der Waals surface area contributed by atoms with Gasteiger partial charge in [0.2, 0.25) is 0 Å². The number of rotatable bonds is 5. The van der Waals surface area contributed by atoms with Crippen molar-refractivity contribution in [2.75, 3.05) is 0 Å². The Morgan fingerprint density at radius 3 is 1.75 bits per heavy atom. The normalized spacial score (nSPS) is 10.9. The Labute approximate surface area is 209 Å². The van der Waals surface area contributed by atoms with E-state index in [9.17, 15) is 0 Å². The van der Waals surface area contributed by atoms with Crippen molar-refractivity contribution in [1.29, 1.82) is 0 Å². The fourth-order valence-corrected chi connectivity index (χ4v) is 4.10. The number of hydrogen-bond donors (Lipinski definition) is 0. The zero-order valence-corrected chi connectivity index (χ0v) is 19.7. The fraction of sp³-hybridized carbons (Fsp3) is 0.0333. The minimum absolute atomic E-state index is 0.636. The molecule has 0 bridgehead atoms. The molecule has 0 saturated carbocycles. The molecule has 6 heteroatoms. The molecule has 0 N–H and O–H groups in total. The Hall–Kier alpha value is -4.97. The second-order valence-corrected chi connectivity index (χ2v) is 8.42. The lowest BCUT2D eigenvalue weighted by atomic mass is 10.1. The van der Waals surface area contributed by atoms with Gasteiger partial charge in [-0.3, -0.25) is 9.55 Å². The van der Waals surface area contributed by atoms with E-state index in [0.29, 0.717) is 17.3 Å². The van der Waals surface area contributed by atoms with Gasteiger partial charge in [-0.2, -0.15) is 0 Å². The Morgan fingerprint density at radius 2 is 1.08 bits per heavy atom. The molecular formula is C30H22N6. The maximum atomic E-state index is 4.95. The molecule has 0 radical (unpaired) electrons. The van der Waals surface area contributed by atoms with Crippen molar-refractivity contribution in [3.8, 4) is 51.4 Å². The number of aryl methyl sites for hydroxylation is 1. The molecule has 0 aliphatic carbocycles. The Bertz CT molecular complexity index is 1620. The van der Waals surface area contributed by atoms with E-state index in [1.165, 1.54) is 5.56 Å². The van der Waals surface area contributed by atoms with Crippen LogP contribution < -0.4 is 0 Å². The van der Waals surface area contributed by atoms with Gasteiger partial charge in [-0.25, -0.2) is 9.97 Å². The molecule has 4 heterocycles. The molecule has 0 saturated heterocycles. The predicted octanol–water partition coefficient (Wildman–Crippen LogP) is 6.43. The minimum Gasteiger partial charge on any atom is -0.272 e. The standard InChI is InChI=1S/C30H22N6/c1-21-16-18-22(19-17-21)24-12-7-14-27(32-24)29-34-35-30(36(29)23-9-3-2-4-10-23)28-15-8-13-26(33-28)25-11-5-6-20-31-25/h2-20H,1H3. The lowest BCUT2D eigenvalue weighted by molar-refractivity contribution is 1.05. The highest BCUT2D eigenvalue weighted by atomic mass is 15.3. The van der Waals surface area contributed by atoms with Crippen molar-refractivity contribution in [2.24, 2.45) is 0 Å². The average molecular weight is 467 g/mol. The summed E-state index contributed by atoms with van der Waals surface area (Å²) in [4.78, 5) is 14.3. The molecule has 6 nitrogen and oxygen atoms in total. The van der Waals surface area contributed by atoms with Crippen molar-refractivity contribution in [2.45, 2.75) is 6.92 Å². The van der Waals surface area contributed by atoms with Gasteiger partial charge in [-0.15, -0.1) is 10.2 Å². The summed E-state index contributed by atoms with van der Waals surface area (Å²) in [7, 11) is 0. The van der Waals surface area contributed by atoms with E-state index in [2.05, 4.69) is 46.4 Å². The van der Waals surface area contributed by atoms with E-state index in [1.54, 1.807) is 6.20 Å². The molecule has 172 valence electrons. The van der Waals surface area contributed by atoms with Gasteiger partial charge < -0.3 is 0 Å². The molecular weight excluding hydrogens is 444 g/mol. The predicted molar refractivity (Wildman–Crippen MR) is 141 cm³/mol. The Balaban J connectivity index is 1.50. The highest BCUT2D eigenvalue weighted by Crippen LogP contribution is 2.29. The molecule has 0 aliphatic rings. The quantitative estimate of drug-likeness (QED) is 0.293. The van der Waals surface area contributed by atoms with Crippen LogP contribution in [0.3, 0.4) is 0 Å². The van der Waals surface area contributed by atoms with Crippen LogP contribution in [0, 0.1) is 6.92 Å². The lowest BCUT2D eigenvalue weighted by Gasteiger charge is -2.11. The van der Waals surface area contributed by atoms with Gasteiger partial charge in [-0.05, 0) is 55.5 Å². The highest BCUT2D eigenvalue weighted by Gasteiger charge is 2.20. The first-order chi connectivity index (χ1) is 17.8. The van der Waals surface area contributed by atoms with Crippen molar-refractivity contribution in [3.05, 3.63) is 121 Å². The SMILES string of the molecule is Cc1ccc(-c2cccc(-c3nnc(-c4cccc(-c5ccccn5)n4)n3-c3ccccc3)n2)cc1. The van der Waals surface area contributed by atoms with Crippen molar-refractivity contribution in [3.63, 3.8) is 0 Å². The van der Waals surface area contributed by atoms with E-state index >= 15 is 0 Å². The van der Waals surface area contributed by atoms with Gasteiger partial charge in [0.25, 0.3) is 0 Å². The Morgan fingerprint density at radius 1 is 0.500 bits per heavy atom. The van der Waals surface area contributed by atoms with Crippen LogP contribution in [-0.4, -0.2) is 29.7 Å². The number of aromatic nitrogens is 6. The number of nitrogens with zero attached hydrogens (tertiary/aromatic N) is 6. The first-order valence-corrected chi connectivity index (χ1v) is 11.7. The minimum atomic E-state index is 0.636. The van der Waals surface area contributed by atoms with Crippen LogP contribution in [0.4, 0.5) is 0 Å². The number of benzene rings is 2. The van der Waals surface area contributed by atoms with E-state index in [0.717, 1.165) is 34.0 Å². The average Bonchev–Trinajstić information content (AvgIpc) is 3.40. The molecule has 0 unspecified atom stereocenters. The zero-order chi connectivity index (χ0) is 24.3. The summed E-state index contributed by atoms with van der Waals surface area (Å²) in [6, 6.07) is 36.0. The summed E-state index contributed by atoms with van der Waals surface area (Å²) in [6.45, 7) is 2.08. The van der Waals surface area contributed by atoms with Gasteiger partial charge in [0.1, 0.15) is 11.4 Å². The second kappa shape index (κ2) is 9.35. The fourth-order valence-electron chi connectivity index (χ4n) is 4.10. The zero-order valence-electron chi connectivity index (χ0n) is 19.7. The second-order valence-electron chi connectivity index (χ2n) is 8.42. The third kappa shape index (κ3) is 4.16.